The zero-order chi connectivity index (χ0) is 24.0. The van der Waals surface area contributed by atoms with Crippen LogP contribution in [0.3, 0.4) is 0 Å². The van der Waals surface area contributed by atoms with Crippen molar-refractivity contribution in [2.45, 2.75) is 85.2 Å². The molecule has 7 nitrogen and oxygen atoms in total. The van der Waals surface area contributed by atoms with E-state index in [-0.39, 0.29) is 24.4 Å². The summed E-state index contributed by atoms with van der Waals surface area (Å²) >= 11 is 0. The molecule has 33 heavy (non-hydrogen) atoms. The molecule has 0 spiro atoms. The van der Waals surface area contributed by atoms with Gasteiger partial charge >= 0.3 is 0 Å². The molecule has 3 aliphatic rings. The SMILES string of the molecule is CC(C)C.CC(C)CC1NCCN(CC(=O)N2CCC(Cc3nccn3C3CC3)CC2)C1=O. The molecule has 1 aromatic rings. The number of aromatic nitrogens is 2. The van der Waals surface area contributed by atoms with E-state index in [1.165, 1.54) is 18.7 Å². The number of nitrogens with zero attached hydrogens (tertiary/aromatic N) is 4. The summed E-state index contributed by atoms with van der Waals surface area (Å²) in [6.45, 7) is 14.0. The van der Waals surface area contributed by atoms with Crippen molar-refractivity contribution < 1.29 is 9.59 Å². The van der Waals surface area contributed by atoms with Gasteiger partial charge < -0.3 is 19.7 Å². The van der Waals surface area contributed by atoms with Gasteiger partial charge in [-0.25, -0.2) is 4.98 Å². The van der Waals surface area contributed by atoms with Crippen LogP contribution >= 0.6 is 0 Å². The number of piperidine rings is 1. The molecule has 186 valence electrons. The highest BCUT2D eigenvalue weighted by Crippen LogP contribution is 2.36. The first-order chi connectivity index (χ1) is 15.7. The molecule has 3 fully saturated rings. The Morgan fingerprint density at radius 2 is 1.76 bits per heavy atom. The van der Waals surface area contributed by atoms with Gasteiger partial charge in [-0.3, -0.25) is 9.59 Å². The Morgan fingerprint density at radius 3 is 2.36 bits per heavy atom. The highest BCUT2D eigenvalue weighted by atomic mass is 16.2. The number of amides is 2. The molecule has 0 radical (unpaired) electrons. The number of piperazine rings is 1. The van der Waals surface area contributed by atoms with Gasteiger partial charge in [-0.2, -0.15) is 0 Å². The van der Waals surface area contributed by atoms with Gasteiger partial charge in [0.15, 0.2) is 0 Å². The fraction of sp³-hybridized carbons (Fsp3) is 0.808. The molecular weight excluding hydrogens is 414 g/mol. The van der Waals surface area contributed by atoms with Crippen LogP contribution in [0, 0.1) is 17.8 Å². The van der Waals surface area contributed by atoms with Crippen LogP contribution in [0.4, 0.5) is 0 Å². The largest absolute Gasteiger partial charge is 0.341 e. The van der Waals surface area contributed by atoms with Gasteiger partial charge in [-0.05, 0) is 49.9 Å². The lowest BCUT2D eigenvalue weighted by Gasteiger charge is -2.36. The first-order valence-electron chi connectivity index (χ1n) is 13.1. The van der Waals surface area contributed by atoms with E-state index >= 15 is 0 Å². The van der Waals surface area contributed by atoms with Gasteiger partial charge in [0, 0.05) is 51.0 Å². The Hall–Kier alpha value is -1.89. The van der Waals surface area contributed by atoms with Crippen molar-refractivity contribution in [3.05, 3.63) is 18.2 Å². The maximum Gasteiger partial charge on any atom is 0.242 e. The summed E-state index contributed by atoms with van der Waals surface area (Å²) in [5, 5.41) is 3.30. The number of carbonyl (C=O) groups excluding carboxylic acids is 2. The molecule has 1 atom stereocenters. The Morgan fingerprint density at radius 1 is 1.09 bits per heavy atom. The Balaban J connectivity index is 0.000000709. The number of imidazole rings is 1. The van der Waals surface area contributed by atoms with Crippen molar-refractivity contribution in [3.8, 4) is 0 Å². The second kappa shape index (κ2) is 12.0. The zero-order valence-corrected chi connectivity index (χ0v) is 21.4. The molecule has 2 aliphatic heterocycles. The van der Waals surface area contributed by atoms with Crippen molar-refractivity contribution in [2.75, 3.05) is 32.7 Å². The third kappa shape index (κ3) is 7.83. The highest BCUT2D eigenvalue weighted by molar-refractivity contribution is 5.88. The lowest BCUT2D eigenvalue weighted by Crippen LogP contribution is -2.57. The number of likely N-dealkylation sites (tertiary alicyclic amines) is 1. The van der Waals surface area contributed by atoms with Crippen LogP contribution in [-0.4, -0.2) is 69.9 Å². The molecule has 1 aliphatic carbocycles. The standard InChI is InChI=1S/C22H35N5O2.C4H10/c1-16(2)13-19-22(29)26(11-7-23-19)15-21(28)25-9-5-17(6-10-25)14-20-24-8-12-27(20)18-3-4-18;1-4(2)3/h8,12,16-19,23H,3-7,9-11,13-15H2,1-2H3;4H,1-3H3. The average Bonchev–Trinajstić information content (AvgIpc) is 3.49. The quantitative estimate of drug-likeness (QED) is 0.677. The van der Waals surface area contributed by atoms with E-state index in [1.54, 1.807) is 4.90 Å². The fourth-order valence-corrected chi connectivity index (χ4v) is 4.70. The van der Waals surface area contributed by atoms with Crippen LogP contribution in [0.25, 0.3) is 0 Å². The topological polar surface area (TPSA) is 70.5 Å². The third-order valence-electron chi connectivity index (χ3n) is 6.54. The van der Waals surface area contributed by atoms with Crippen molar-refractivity contribution in [2.24, 2.45) is 17.8 Å². The Labute approximate surface area is 200 Å². The Bertz CT molecular complexity index is 760. The lowest BCUT2D eigenvalue weighted by atomic mass is 9.93. The molecule has 1 N–H and O–H groups in total. The van der Waals surface area contributed by atoms with Crippen LogP contribution in [0.5, 0.6) is 0 Å². The molecule has 3 heterocycles. The highest BCUT2D eigenvalue weighted by Gasteiger charge is 2.32. The molecule has 1 unspecified atom stereocenters. The molecule has 1 saturated carbocycles. The van der Waals surface area contributed by atoms with E-state index < -0.39 is 0 Å². The van der Waals surface area contributed by atoms with E-state index in [0.29, 0.717) is 24.4 Å². The van der Waals surface area contributed by atoms with Crippen molar-refractivity contribution >= 4 is 11.8 Å². The van der Waals surface area contributed by atoms with Crippen molar-refractivity contribution in [1.82, 2.24) is 24.7 Å². The summed E-state index contributed by atoms with van der Waals surface area (Å²) in [6, 6.07) is 0.530. The summed E-state index contributed by atoms with van der Waals surface area (Å²) in [6.07, 6.45) is 10.5. The minimum Gasteiger partial charge on any atom is -0.341 e. The zero-order valence-electron chi connectivity index (χ0n) is 21.4. The minimum absolute atomic E-state index is 0.0834. The van der Waals surface area contributed by atoms with E-state index in [0.717, 1.165) is 51.2 Å². The summed E-state index contributed by atoms with van der Waals surface area (Å²) < 4.78 is 2.35. The first kappa shape index (κ1) is 25.7. The van der Waals surface area contributed by atoms with Gasteiger partial charge in [0.2, 0.25) is 11.8 Å². The fourth-order valence-electron chi connectivity index (χ4n) is 4.70. The van der Waals surface area contributed by atoms with Crippen LogP contribution in [0.1, 0.15) is 78.6 Å². The molecule has 4 rings (SSSR count). The maximum atomic E-state index is 12.8. The third-order valence-corrected chi connectivity index (χ3v) is 6.54. The molecule has 7 heteroatoms. The molecule has 2 amide bonds. The van der Waals surface area contributed by atoms with Gasteiger partial charge in [-0.15, -0.1) is 0 Å². The van der Waals surface area contributed by atoms with Crippen molar-refractivity contribution in [3.63, 3.8) is 0 Å². The van der Waals surface area contributed by atoms with E-state index in [2.05, 4.69) is 55.7 Å². The normalized spacial score (nSPS) is 22.0. The molecule has 0 aromatic carbocycles. The smallest absolute Gasteiger partial charge is 0.242 e. The lowest BCUT2D eigenvalue weighted by molar-refractivity contribution is -0.144. The van der Waals surface area contributed by atoms with E-state index in [4.69, 9.17) is 0 Å². The molecule has 0 bridgehead atoms. The summed E-state index contributed by atoms with van der Waals surface area (Å²) in [7, 11) is 0. The maximum absolute atomic E-state index is 12.8. The number of hydrogen-bond acceptors (Lipinski definition) is 4. The van der Waals surface area contributed by atoms with Gasteiger partial charge in [0.1, 0.15) is 5.82 Å². The molecule has 2 saturated heterocycles. The monoisotopic (exact) mass is 459 g/mol. The van der Waals surface area contributed by atoms with Gasteiger partial charge in [0.25, 0.3) is 0 Å². The van der Waals surface area contributed by atoms with E-state index in [9.17, 15) is 9.59 Å². The van der Waals surface area contributed by atoms with Gasteiger partial charge in [0.05, 0.1) is 12.6 Å². The van der Waals surface area contributed by atoms with Gasteiger partial charge in [-0.1, -0.05) is 34.6 Å². The Kier molecular flexibility index (Phi) is 9.36. The van der Waals surface area contributed by atoms with Crippen LogP contribution < -0.4 is 5.32 Å². The first-order valence-corrected chi connectivity index (χ1v) is 13.1. The minimum atomic E-state index is -0.141. The number of carbonyl (C=O) groups is 2. The number of nitrogens with one attached hydrogen (secondary N) is 1. The van der Waals surface area contributed by atoms with Crippen LogP contribution in [0.2, 0.25) is 0 Å². The van der Waals surface area contributed by atoms with Crippen LogP contribution in [-0.2, 0) is 16.0 Å². The molecule has 1 aromatic heterocycles. The number of rotatable bonds is 7. The predicted molar refractivity (Wildman–Crippen MR) is 132 cm³/mol. The predicted octanol–water partition coefficient (Wildman–Crippen LogP) is 3.51. The summed E-state index contributed by atoms with van der Waals surface area (Å²) in [5.41, 5.74) is 0. The second-order valence-electron chi connectivity index (χ2n) is 11.1. The second-order valence-corrected chi connectivity index (χ2v) is 11.1. The summed E-state index contributed by atoms with van der Waals surface area (Å²) in [4.78, 5) is 33.8. The number of hydrogen-bond donors (Lipinski definition) is 1. The van der Waals surface area contributed by atoms with E-state index in [1.807, 2.05) is 11.1 Å². The van der Waals surface area contributed by atoms with Crippen LogP contribution in [0.15, 0.2) is 12.4 Å². The summed E-state index contributed by atoms with van der Waals surface area (Å²) in [5.74, 6) is 3.28. The van der Waals surface area contributed by atoms with Crippen molar-refractivity contribution in [1.29, 1.82) is 0 Å². The average molecular weight is 460 g/mol. The molecular formula is C26H45N5O2.